The average Bonchev–Trinajstić information content (AvgIpc) is 2.37. The predicted octanol–water partition coefficient (Wildman–Crippen LogP) is 4.41. The molecule has 0 saturated carbocycles. The van der Waals surface area contributed by atoms with Crippen molar-refractivity contribution in [3.8, 4) is 0 Å². The summed E-state index contributed by atoms with van der Waals surface area (Å²) in [5.41, 5.74) is 6.30. The number of benzene rings is 2. The Morgan fingerprint density at radius 1 is 1.11 bits per heavy atom. The maximum atomic E-state index is 13.7. The van der Waals surface area contributed by atoms with Crippen LogP contribution >= 0.6 is 23.4 Å². The number of halogens is 3. The Kier molecular flexibility index (Phi) is 4.80. The largest absolute Gasteiger partial charge is 0.323 e. The van der Waals surface area contributed by atoms with Gasteiger partial charge in [-0.25, -0.2) is 8.78 Å². The lowest BCUT2D eigenvalue weighted by molar-refractivity contribution is 0.594. The molecule has 0 radical (unpaired) electrons. The molecule has 0 saturated heterocycles. The topological polar surface area (TPSA) is 26.0 Å². The van der Waals surface area contributed by atoms with Crippen LogP contribution < -0.4 is 5.73 Å². The first kappa shape index (κ1) is 14.3. The first-order valence-electron chi connectivity index (χ1n) is 5.66. The van der Waals surface area contributed by atoms with E-state index in [1.807, 2.05) is 0 Å². The standard InChI is InChI=1S/C14H12ClF2NS/c15-9-5-6-10(12(17)7-9)13(18)8-19-14-4-2-1-3-11(14)16/h1-7,13H,8,18H2. The fourth-order valence-electron chi connectivity index (χ4n) is 1.63. The van der Waals surface area contributed by atoms with Gasteiger partial charge in [0.1, 0.15) is 11.6 Å². The molecule has 0 spiro atoms. The van der Waals surface area contributed by atoms with Crippen LogP contribution in [-0.4, -0.2) is 5.75 Å². The SMILES string of the molecule is NC(CSc1ccccc1F)c1ccc(Cl)cc1F. The third-order valence-electron chi connectivity index (χ3n) is 2.62. The molecule has 0 bridgehead atoms. The average molecular weight is 300 g/mol. The first-order valence-corrected chi connectivity index (χ1v) is 7.02. The van der Waals surface area contributed by atoms with E-state index in [9.17, 15) is 8.78 Å². The van der Waals surface area contributed by atoms with E-state index in [0.29, 0.717) is 21.2 Å². The molecule has 2 N–H and O–H groups in total. The van der Waals surface area contributed by atoms with Gasteiger partial charge in [0.05, 0.1) is 0 Å². The van der Waals surface area contributed by atoms with Crippen LogP contribution in [0.4, 0.5) is 8.78 Å². The van der Waals surface area contributed by atoms with E-state index in [1.54, 1.807) is 30.3 Å². The maximum Gasteiger partial charge on any atom is 0.136 e. The molecule has 1 atom stereocenters. The zero-order valence-electron chi connectivity index (χ0n) is 9.95. The highest BCUT2D eigenvalue weighted by Gasteiger charge is 2.13. The number of hydrogen-bond acceptors (Lipinski definition) is 2. The fourth-order valence-corrected chi connectivity index (χ4v) is 2.71. The van der Waals surface area contributed by atoms with Crippen LogP contribution in [0.2, 0.25) is 5.02 Å². The van der Waals surface area contributed by atoms with Gasteiger partial charge in [-0.05, 0) is 24.3 Å². The Balaban J connectivity index is 2.05. The molecule has 0 amide bonds. The predicted molar refractivity (Wildman–Crippen MR) is 75.5 cm³/mol. The summed E-state index contributed by atoms with van der Waals surface area (Å²) in [6.45, 7) is 0. The summed E-state index contributed by atoms with van der Waals surface area (Å²) in [5.74, 6) is -0.343. The lowest BCUT2D eigenvalue weighted by Gasteiger charge is -2.13. The highest BCUT2D eigenvalue weighted by molar-refractivity contribution is 7.99. The number of hydrogen-bond donors (Lipinski definition) is 1. The Hall–Kier alpha value is -1.10. The van der Waals surface area contributed by atoms with Gasteiger partial charge in [0.15, 0.2) is 0 Å². The van der Waals surface area contributed by atoms with Gasteiger partial charge in [0, 0.05) is 27.3 Å². The van der Waals surface area contributed by atoms with Crippen LogP contribution in [0.1, 0.15) is 11.6 Å². The summed E-state index contributed by atoms with van der Waals surface area (Å²) in [7, 11) is 0. The summed E-state index contributed by atoms with van der Waals surface area (Å²) in [6.07, 6.45) is 0. The molecule has 19 heavy (non-hydrogen) atoms. The van der Waals surface area contributed by atoms with Gasteiger partial charge >= 0.3 is 0 Å². The molecule has 1 nitrogen and oxygen atoms in total. The van der Waals surface area contributed by atoms with Crippen molar-refractivity contribution in [1.82, 2.24) is 0 Å². The van der Waals surface area contributed by atoms with Crippen LogP contribution in [0.15, 0.2) is 47.4 Å². The zero-order chi connectivity index (χ0) is 13.8. The Labute approximate surface area is 119 Å². The summed E-state index contributed by atoms with van der Waals surface area (Å²) in [5, 5.41) is 0.329. The van der Waals surface area contributed by atoms with E-state index in [0.717, 1.165) is 0 Å². The van der Waals surface area contributed by atoms with Crippen LogP contribution in [0.25, 0.3) is 0 Å². The highest BCUT2D eigenvalue weighted by Crippen LogP contribution is 2.27. The second-order valence-electron chi connectivity index (χ2n) is 4.01. The van der Waals surface area contributed by atoms with E-state index in [2.05, 4.69) is 0 Å². The molecule has 100 valence electrons. The molecule has 0 fully saturated rings. The molecular formula is C14H12ClF2NS. The molecule has 0 aliphatic rings. The second kappa shape index (κ2) is 6.37. The van der Waals surface area contributed by atoms with E-state index in [-0.39, 0.29) is 5.82 Å². The monoisotopic (exact) mass is 299 g/mol. The minimum Gasteiger partial charge on any atom is -0.323 e. The molecule has 0 aromatic heterocycles. The van der Waals surface area contributed by atoms with Crippen molar-refractivity contribution in [1.29, 1.82) is 0 Å². The van der Waals surface area contributed by atoms with Crippen LogP contribution in [-0.2, 0) is 0 Å². The van der Waals surface area contributed by atoms with E-state index < -0.39 is 11.9 Å². The van der Waals surface area contributed by atoms with Crippen molar-refractivity contribution in [2.75, 3.05) is 5.75 Å². The molecule has 2 aromatic carbocycles. The van der Waals surface area contributed by atoms with Gasteiger partial charge in [-0.1, -0.05) is 29.8 Å². The summed E-state index contributed by atoms with van der Waals surface area (Å²) >= 11 is 6.94. The van der Waals surface area contributed by atoms with Crippen LogP contribution in [0, 0.1) is 11.6 Å². The number of rotatable bonds is 4. The van der Waals surface area contributed by atoms with Crippen molar-refractivity contribution in [3.63, 3.8) is 0 Å². The Morgan fingerprint density at radius 2 is 1.84 bits per heavy atom. The highest BCUT2D eigenvalue weighted by atomic mass is 35.5. The first-order chi connectivity index (χ1) is 9.08. The van der Waals surface area contributed by atoms with Gasteiger partial charge in [-0.15, -0.1) is 11.8 Å². The van der Waals surface area contributed by atoms with Gasteiger partial charge in [0.25, 0.3) is 0 Å². The minimum absolute atomic E-state index is 0.295. The second-order valence-corrected chi connectivity index (χ2v) is 5.51. The minimum atomic E-state index is -0.512. The lowest BCUT2D eigenvalue weighted by Crippen LogP contribution is -2.14. The van der Waals surface area contributed by atoms with E-state index in [1.165, 1.54) is 23.9 Å². The van der Waals surface area contributed by atoms with Crippen molar-refractivity contribution in [2.24, 2.45) is 5.73 Å². The van der Waals surface area contributed by atoms with Gasteiger partial charge in [0.2, 0.25) is 0 Å². The van der Waals surface area contributed by atoms with Crippen molar-refractivity contribution in [3.05, 3.63) is 64.7 Å². The zero-order valence-corrected chi connectivity index (χ0v) is 11.5. The van der Waals surface area contributed by atoms with E-state index in [4.69, 9.17) is 17.3 Å². The summed E-state index contributed by atoms with van der Waals surface area (Å²) in [4.78, 5) is 0.507. The van der Waals surface area contributed by atoms with Gasteiger partial charge in [-0.2, -0.15) is 0 Å². The van der Waals surface area contributed by atoms with E-state index >= 15 is 0 Å². The van der Waals surface area contributed by atoms with Gasteiger partial charge < -0.3 is 5.73 Å². The molecule has 1 unspecified atom stereocenters. The smallest absolute Gasteiger partial charge is 0.136 e. The third kappa shape index (κ3) is 3.69. The van der Waals surface area contributed by atoms with Crippen LogP contribution in [0.5, 0.6) is 0 Å². The lowest BCUT2D eigenvalue weighted by atomic mass is 10.1. The molecule has 5 heteroatoms. The summed E-state index contributed by atoms with van der Waals surface area (Å²) < 4.78 is 27.1. The quantitative estimate of drug-likeness (QED) is 0.846. The molecule has 2 rings (SSSR count). The van der Waals surface area contributed by atoms with Crippen molar-refractivity contribution >= 4 is 23.4 Å². The molecule has 0 aliphatic heterocycles. The molecule has 0 aliphatic carbocycles. The third-order valence-corrected chi connectivity index (χ3v) is 4.02. The normalized spacial score (nSPS) is 12.4. The number of thioether (sulfide) groups is 1. The van der Waals surface area contributed by atoms with Crippen molar-refractivity contribution < 1.29 is 8.78 Å². The maximum absolute atomic E-state index is 13.7. The summed E-state index contributed by atoms with van der Waals surface area (Å²) in [6, 6.07) is 10.3. The Morgan fingerprint density at radius 3 is 2.53 bits per heavy atom. The number of nitrogens with two attached hydrogens (primary N) is 1. The van der Waals surface area contributed by atoms with Crippen molar-refractivity contribution in [2.45, 2.75) is 10.9 Å². The van der Waals surface area contributed by atoms with Gasteiger partial charge in [-0.3, -0.25) is 0 Å². The molecule has 0 heterocycles. The molecular weight excluding hydrogens is 288 g/mol. The fraction of sp³-hybridized carbons (Fsp3) is 0.143. The van der Waals surface area contributed by atoms with Crippen LogP contribution in [0.3, 0.4) is 0 Å². The Bertz CT molecular complexity index is 577. The molecule has 2 aromatic rings.